The zero-order valence-corrected chi connectivity index (χ0v) is 12.5. The quantitative estimate of drug-likeness (QED) is 0.606. The summed E-state index contributed by atoms with van der Waals surface area (Å²) in [5.74, 6) is 1.52. The molecule has 0 bridgehead atoms. The summed E-state index contributed by atoms with van der Waals surface area (Å²) in [4.78, 5) is 5.72. The van der Waals surface area contributed by atoms with E-state index < -0.39 is 0 Å². The Hall–Kier alpha value is -2.73. The summed E-state index contributed by atoms with van der Waals surface area (Å²) in [6.07, 6.45) is 2.50. The topological polar surface area (TPSA) is 70.2 Å². The van der Waals surface area contributed by atoms with Gasteiger partial charge in [-0.15, -0.1) is 11.3 Å². The lowest BCUT2D eigenvalue weighted by Crippen LogP contribution is -1.90. The maximum Gasteiger partial charge on any atom is 0.184 e. The zero-order valence-electron chi connectivity index (χ0n) is 11.7. The lowest BCUT2D eigenvalue weighted by molar-refractivity contribution is 0.973. The third kappa shape index (κ3) is 2.44. The van der Waals surface area contributed by atoms with Crippen molar-refractivity contribution in [2.24, 2.45) is 0 Å². The third-order valence-corrected chi connectivity index (χ3v) is 4.28. The molecule has 3 heterocycles. The van der Waals surface area contributed by atoms with E-state index in [-0.39, 0.29) is 0 Å². The van der Waals surface area contributed by atoms with Gasteiger partial charge in [0, 0.05) is 6.42 Å². The van der Waals surface area contributed by atoms with Crippen LogP contribution >= 0.6 is 11.3 Å². The molecule has 4 rings (SSSR count). The molecule has 0 amide bonds. The monoisotopic (exact) mass is 307 g/mol. The molecule has 0 atom stereocenters. The van der Waals surface area contributed by atoms with Crippen LogP contribution in [0.4, 0.5) is 0 Å². The number of hydrogen-bond acceptors (Lipinski definition) is 4. The van der Waals surface area contributed by atoms with Crippen LogP contribution in [0.5, 0.6) is 0 Å². The van der Waals surface area contributed by atoms with Crippen molar-refractivity contribution < 1.29 is 0 Å². The van der Waals surface area contributed by atoms with E-state index in [4.69, 9.17) is 0 Å². The van der Waals surface area contributed by atoms with Crippen molar-refractivity contribution in [3.8, 4) is 22.0 Å². The molecule has 0 fully saturated rings. The molecule has 108 valence electrons. The van der Waals surface area contributed by atoms with Gasteiger partial charge in [0.1, 0.15) is 5.82 Å². The maximum absolute atomic E-state index is 4.60. The minimum atomic E-state index is 0.670. The molecule has 2 N–H and O–H groups in total. The van der Waals surface area contributed by atoms with Gasteiger partial charge in [0.25, 0.3) is 0 Å². The van der Waals surface area contributed by atoms with Crippen molar-refractivity contribution in [2.45, 2.75) is 6.42 Å². The van der Waals surface area contributed by atoms with Crippen LogP contribution in [0, 0.1) is 0 Å². The van der Waals surface area contributed by atoms with Gasteiger partial charge in [0.2, 0.25) is 0 Å². The fourth-order valence-corrected chi connectivity index (χ4v) is 3.08. The van der Waals surface area contributed by atoms with E-state index in [1.165, 1.54) is 5.56 Å². The van der Waals surface area contributed by atoms with Gasteiger partial charge in [-0.25, -0.2) is 4.98 Å². The summed E-state index contributed by atoms with van der Waals surface area (Å²) in [5, 5.41) is 16.6. The average Bonchev–Trinajstić information content (AvgIpc) is 3.29. The minimum Gasteiger partial charge on any atom is -0.276 e. The predicted octanol–water partition coefficient (Wildman–Crippen LogP) is 3.51. The number of nitrogens with zero attached hydrogens (tertiary/aromatic N) is 3. The van der Waals surface area contributed by atoms with Crippen LogP contribution < -0.4 is 0 Å². The number of aromatic amines is 2. The summed E-state index contributed by atoms with van der Waals surface area (Å²) in [5.41, 5.74) is 3.08. The van der Waals surface area contributed by atoms with E-state index in [9.17, 15) is 0 Å². The number of H-pyrrole nitrogens is 2. The molecule has 22 heavy (non-hydrogen) atoms. The van der Waals surface area contributed by atoms with Crippen LogP contribution in [0.3, 0.4) is 0 Å². The lowest BCUT2D eigenvalue weighted by Gasteiger charge is -1.96. The summed E-state index contributed by atoms with van der Waals surface area (Å²) in [6.45, 7) is 0. The smallest absolute Gasteiger partial charge is 0.184 e. The molecule has 3 aromatic heterocycles. The van der Waals surface area contributed by atoms with Crippen LogP contribution in [0.2, 0.25) is 0 Å². The van der Waals surface area contributed by atoms with Crippen molar-refractivity contribution in [1.29, 1.82) is 0 Å². The summed E-state index contributed by atoms with van der Waals surface area (Å²) < 4.78 is 0. The first-order chi connectivity index (χ1) is 10.9. The number of rotatable bonds is 4. The maximum atomic E-state index is 4.60. The highest BCUT2D eigenvalue weighted by atomic mass is 32.1. The molecule has 0 aliphatic rings. The van der Waals surface area contributed by atoms with Gasteiger partial charge in [-0.1, -0.05) is 36.4 Å². The second-order valence-electron chi connectivity index (χ2n) is 4.90. The second-order valence-corrected chi connectivity index (χ2v) is 5.85. The molecule has 1 aromatic carbocycles. The van der Waals surface area contributed by atoms with E-state index in [0.29, 0.717) is 5.82 Å². The zero-order chi connectivity index (χ0) is 14.8. The van der Waals surface area contributed by atoms with Crippen LogP contribution in [-0.2, 0) is 6.42 Å². The first-order valence-electron chi connectivity index (χ1n) is 6.93. The molecule has 5 nitrogen and oxygen atoms in total. The number of nitrogens with one attached hydrogen (secondary N) is 2. The molecule has 0 aliphatic heterocycles. The van der Waals surface area contributed by atoms with E-state index >= 15 is 0 Å². The average molecular weight is 307 g/mol. The molecule has 0 spiro atoms. The Balaban J connectivity index is 1.64. The van der Waals surface area contributed by atoms with Crippen molar-refractivity contribution >= 4 is 11.3 Å². The Morgan fingerprint density at radius 1 is 1.00 bits per heavy atom. The number of benzene rings is 1. The Bertz CT molecular complexity index is 861. The fraction of sp³-hybridized carbons (Fsp3) is 0.0625. The second kappa shape index (κ2) is 5.57. The SMILES string of the molecule is c1ccc(Cc2nc(-c3cn[nH]c3-c3cccs3)n[nH]2)cc1. The Kier molecular flexibility index (Phi) is 3.29. The summed E-state index contributed by atoms with van der Waals surface area (Å²) in [7, 11) is 0. The number of thiophene rings is 1. The third-order valence-electron chi connectivity index (χ3n) is 3.39. The lowest BCUT2D eigenvalue weighted by atomic mass is 10.1. The molecule has 0 aliphatic carbocycles. The number of hydrogen-bond donors (Lipinski definition) is 2. The first-order valence-corrected chi connectivity index (χ1v) is 7.81. The highest BCUT2D eigenvalue weighted by Gasteiger charge is 2.15. The van der Waals surface area contributed by atoms with Gasteiger partial charge in [-0.2, -0.15) is 10.2 Å². The molecule has 4 aromatic rings. The summed E-state index contributed by atoms with van der Waals surface area (Å²) >= 11 is 1.66. The van der Waals surface area contributed by atoms with Gasteiger partial charge < -0.3 is 0 Å². The van der Waals surface area contributed by atoms with Gasteiger partial charge in [0.05, 0.1) is 22.3 Å². The largest absolute Gasteiger partial charge is 0.276 e. The van der Waals surface area contributed by atoms with E-state index in [1.54, 1.807) is 17.5 Å². The van der Waals surface area contributed by atoms with Gasteiger partial charge in [-0.3, -0.25) is 10.2 Å². The van der Waals surface area contributed by atoms with E-state index in [2.05, 4.69) is 43.6 Å². The molecule has 0 saturated carbocycles. The van der Waals surface area contributed by atoms with Crippen LogP contribution in [0.1, 0.15) is 11.4 Å². The van der Waals surface area contributed by atoms with Crippen molar-refractivity contribution in [1.82, 2.24) is 25.4 Å². The van der Waals surface area contributed by atoms with Crippen molar-refractivity contribution in [3.63, 3.8) is 0 Å². The highest BCUT2D eigenvalue weighted by Crippen LogP contribution is 2.30. The first kappa shape index (κ1) is 13.0. The Morgan fingerprint density at radius 2 is 1.91 bits per heavy atom. The molecule has 0 unspecified atom stereocenters. The number of aromatic nitrogens is 5. The van der Waals surface area contributed by atoms with Crippen LogP contribution in [0.25, 0.3) is 22.0 Å². The highest BCUT2D eigenvalue weighted by molar-refractivity contribution is 7.13. The standard InChI is InChI=1S/C16H13N5S/c1-2-5-11(6-3-1)9-14-18-16(21-19-14)12-10-17-20-15(12)13-7-4-8-22-13/h1-8,10H,9H2,(H,17,20)(H,18,19,21). The normalized spacial score (nSPS) is 10.9. The van der Waals surface area contributed by atoms with E-state index in [0.717, 1.165) is 28.4 Å². The van der Waals surface area contributed by atoms with Crippen LogP contribution in [0.15, 0.2) is 54.0 Å². The van der Waals surface area contributed by atoms with Crippen molar-refractivity contribution in [3.05, 3.63) is 65.4 Å². The Morgan fingerprint density at radius 3 is 2.73 bits per heavy atom. The Labute approximate surface area is 131 Å². The molecule has 0 radical (unpaired) electrons. The molecular weight excluding hydrogens is 294 g/mol. The predicted molar refractivity (Wildman–Crippen MR) is 86.5 cm³/mol. The summed E-state index contributed by atoms with van der Waals surface area (Å²) in [6, 6.07) is 14.3. The van der Waals surface area contributed by atoms with Gasteiger partial charge in [0.15, 0.2) is 5.82 Å². The van der Waals surface area contributed by atoms with Crippen LogP contribution in [-0.4, -0.2) is 25.4 Å². The minimum absolute atomic E-state index is 0.670. The van der Waals surface area contributed by atoms with Gasteiger partial charge >= 0.3 is 0 Å². The fourth-order valence-electron chi connectivity index (χ4n) is 2.35. The molecule has 0 saturated heterocycles. The van der Waals surface area contributed by atoms with Gasteiger partial charge in [-0.05, 0) is 17.0 Å². The van der Waals surface area contributed by atoms with E-state index in [1.807, 2.05) is 29.6 Å². The molecular formula is C16H13N5S. The molecule has 6 heteroatoms. The van der Waals surface area contributed by atoms with Crippen molar-refractivity contribution in [2.75, 3.05) is 0 Å².